The third-order valence-corrected chi connectivity index (χ3v) is 2.78. The molecule has 0 aliphatic heterocycles. The van der Waals surface area contributed by atoms with Crippen molar-refractivity contribution in [1.82, 2.24) is 0 Å². The molecule has 0 saturated heterocycles. The van der Waals surface area contributed by atoms with Gasteiger partial charge in [-0.15, -0.1) is 0 Å². The van der Waals surface area contributed by atoms with E-state index in [4.69, 9.17) is 5.73 Å². The fourth-order valence-corrected chi connectivity index (χ4v) is 1.66. The van der Waals surface area contributed by atoms with Crippen LogP contribution in [0, 0.1) is 18.6 Å². The molecule has 0 fully saturated rings. The van der Waals surface area contributed by atoms with Crippen LogP contribution in [0.3, 0.4) is 0 Å². The first-order valence-corrected chi connectivity index (χ1v) is 5.74. The molecule has 0 heterocycles. The summed E-state index contributed by atoms with van der Waals surface area (Å²) >= 11 is 0. The summed E-state index contributed by atoms with van der Waals surface area (Å²) in [5.41, 5.74) is 5.21. The lowest BCUT2D eigenvalue weighted by Gasteiger charge is -2.09. The molecule has 20 heavy (non-hydrogen) atoms. The molecule has 104 valence electrons. The lowest BCUT2D eigenvalue weighted by atomic mass is 10.1. The maximum atomic E-state index is 13.7. The number of amides is 1. The zero-order valence-electron chi connectivity index (χ0n) is 10.6. The molecular formula is C14H12F2N2O2. The average Bonchev–Trinajstić information content (AvgIpc) is 2.38. The van der Waals surface area contributed by atoms with E-state index < -0.39 is 28.8 Å². The quantitative estimate of drug-likeness (QED) is 0.739. The Morgan fingerprint density at radius 1 is 1.25 bits per heavy atom. The Morgan fingerprint density at radius 2 is 1.95 bits per heavy atom. The van der Waals surface area contributed by atoms with Crippen molar-refractivity contribution in [2.75, 3.05) is 11.1 Å². The number of aromatic hydroxyl groups is 1. The van der Waals surface area contributed by atoms with Gasteiger partial charge in [-0.2, -0.15) is 0 Å². The van der Waals surface area contributed by atoms with Crippen LogP contribution in [0.15, 0.2) is 30.3 Å². The first kappa shape index (κ1) is 13.8. The fraction of sp³-hybridized carbons (Fsp3) is 0.0714. The Labute approximate surface area is 113 Å². The number of anilines is 2. The van der Waals surface area contributed by atoms with Crippen LogP contribution in [-0.4, -0.2) is 11.0 Å². The molecule has 0 atom stereocenters. The largest absolute Gasteiger partial charge is 0.508 e. The predicted molar refractivity (Wildman–Crippen MR) is 71.6 cm³/mol. The minimum atomic E-state index is -0.986. The second kappa shape index (κ2) is 5.16. The summed E-state index contributed by atoms with van der Waals surface area (Å²) in [5, 5.41) is 11.9. The Balaban J connectivity index is 2.30. The molecule has 4 nitrogen and oxygen atoms in total. The number of nitrogen functional groups attached to an aromatic ring is 1. The van der Waals surface area contributed by atoms with E-state index in [1.54, 1.807) is 13.0 Å². The lowest BCUT2D eigenvalue weighted by Crippen LogP contribution is -2.15. The summed E-state index contributed by atoms with van der Waals surface area (Å²) in [6.07, 6.45) is 0. The number of hydrogen-bond acceptors (Lipinski definition) is 3. The number of nitrogens with two attached hydrogens (primary N) is 1. The SMILES string of the molecule is Cc1ccc(NC(=O)c2cc(F)cc(N)c2F)cc1O. The van der Waals surface area contributed by atoms with Gasteiger partial charge in [-0.25, -0.2) is 8.78 Å². The number of carbonyl (C=O) groups is 1. The number of halogens is 2. The number of benzene rings is 2. The molecule has 2 aromatic rings. The number of rotatable bonds is 2. The summed E-state index contributed by atoms with van der Waals surface area (Å²) in [5.74, 6) is -2.65. The number of carbonyl (C=O) groups excluding carboxylic acids is 1. The second-order valence-corrected chi connectivity index (χ2v) is 4.31. The van der Waals surface area contributed by atoms with Gasteiger partial charge >= 0.3 is 0 Å². The Bertz CT molecular complexity index is 687. The standard InChI is InChI=1S/C14H12F2N2O2/c1-7-2-3-9(6-12(7)19)18-14(20)10-4-8(15)5-11(17)13(10)16/h2-6,19H,17H2,1H3,(H,18,20). The summed E-state index contributed by atoms with van der Waals surface area (Å²) in [4.78, 5) is 11.9. The smallest absolute Gasteiger partial charge is 0.258 e. The third-order valence-electron chi connectivity index (χ3n) is 2.78. The van der Waals surface area contributed by atoms with Crippen molar-refractivity contribution in [2.45, 2.75) is 6.92 Å². The van der Waals surface area contributed by atoms with Crippen molar-refractivity contribution >= 4 is 17.3 Å². The highest BCUT2D eigenvalue weighted by molar-refractivity contribution is 6.05. The van der Waals surface area contributed by atoms with Gasteiger partial charge in [0, 0.05) is 11.8 Å². The summed E-state index contributed by atoms with van der Waals surface area (Å²) in [6.45, 7) is 1.69. The monoisotopic (exact) mass is 278 g/mol. The molecule has 0 aromatic heterocycles. The third kappa shape index (κ3) is 2.69. The predicted octanol–water partition coefficient (Wildman–Crippen LogP) is 2.81. The van der Waals surface area contributed by atoms with E-state index >= 15 is 0 Å². The molecule has 6 heteroatoms. The van der Waals surface area contributed by atoms with E-state index in [2.05, 4.69) is 5.32 Å². The molecule has 0 unspecified atom stereocenters. The van der Waals surface area contributed by atoms with E-state index in [0.29, 0.717) is 5.56 Å². The lowest BCUT2D eigenvalue weighted by molar-refractivity contribution is 0.102. The van der Waals surface area contributed by atoms with Crippen LogP contribution in [0.4, 0.5) is 20.2 Å². The molecule has 0 spiro atoms. The maximum Gasteiger partial charge on any atom is 0.258 e. The summed E-state index contributed by atoms with van der Waals surface area (Å²) in [6, 6.07) is 5.99. The molecule has 0 saturated carbocycles. The van der Waals surface area contributed by atoms with E-state index in [1.807, 2.05) is 0 Å². The maximum absolute atomic E-state index is 13.7. The molecular weight excluding hydrogens is 266 g/mol. The van der Waals surface area contributed by atoms with E-state index in [9.17, 15) is 18.7 Å². The fourth-order valence-electron chi connectivity index (χ4n) is 1.66. The molecule has 0 bridgehead atoms. The minimum absolute atomic E-state index is 0.0120. The van der Waals surface area contributed by atoms with Gasteiger partial charge in [0.15, 0.2) is 5.82 Å². The average molecular weight is 278 g/mol. The van der Waals surface area contributed by atoms with Crippen LogP contribution in [0.1, 0.15) is 15.9 Å². The molecule has 0 aliphatic rings. The van der Waals surface area contributed by atoms with Crippen molar-refractivity contribution < 1.29 is 18.7 Å². The normalized spacial score (nSPS) is 10.3. The van der Waals surface area contributed by atoms with Gasteiger partial charge in [0.2, 0.25) is 0 Å². The zero-order chi connectivity index (χ0) is 14.9. The molecule has 2 aromatic carbocycles. The van der Waals surface area contributed by atoms with Gasteiger partial charge in [0.25, 0.3) is 5.91 Å². The van der Waals surface area contributed by atoms with Crippen molar-refractivity contribution in [1.29, 1.82) is 0 Å². The minimum Gasteiger partial charge on any atom is -0.508 e. The highest BCUT2D eigenvalue weighted by Crippen LogP contribution is 2.23. The summed E-state index contributed by atoms with van der Waals surface area (Å²) in [7, 11) is 0. The van der Waals surface area contributed by atoms with Gasteiger partial charge in [0.05, 0.1) is 11.3 Å². The highest BCUT2D eigenvalue weighted by atomic mass is 19.1. The van der Waals surface area contributed by atoms with Crippen LogP contribution in [0.2, 0.25) is 0 Å². The Morgan fingerprint density at radius 3 is 2.60 bits per heavy atom. The van der Waals surface area contributed by atoms with E-state index in [1.165, 1.54) is 12.1 Å². The van der Waals surface area contributed by atoms with Crippen molar-refractivity contribution in [3.05, 3.63) is 53.1 Å². The summed E-state index contributed by atoms with van der Waals surface area (Å²) < 4.78 is 26.8. The van der Waals surface area contributed by atoms with Gasteiger partial charge in [-0.1, -0.05) is 6.07 Å². The molecule has 1 amide bonds. The van der Waals surface area contributed by atoms with Gasteiger partial charge in [-0.05, 0) is 30.7 Å². The number of hydrogen-bond donors (Lipinski definition) is 3. The first-order chi connectivity index (χ1) is 9.38. The van der Waals surface area contributed by atoms with Crippen LogP contribution in [-0.2, 0) is 0 Å². The number of phenols is 1. The van der Waals surface area contributed by atoms with E-state index in [-0.39, 0.29) is 11.4 Å². The van der Waals surface area contributed by atoms with Crippen LogP contribution in [0.25, 0.3) is 0 Å². The molecule has 4 N–H and O–H groups in total. The Hall–Kier alpha value is -2.63. The molecule has 0 radical (unpaired) electrons. The van der Waals surface area contributed by atoms with Gasteiger partial charge in [-0.3, -0.25) is 4.79 Å². The van der Waals surface area contributed by atoms with Crippen molar-refractivity contribution in [3.8, 4) is 5.75 Å². The Kier molecular flexibility index (Phi) is 3.56. The number of phenolic OH excluding ortho intramolecular Hbond substituents is 1. The highest BCUT2D eigenvalue weighted by Gasteiger charge is 2.16. The van der Waals surface area contributed by atoms with Crippen molar-refractivity contribution in [3.63, 3.8) is 0 Å². The van der Waals surface area contributed by atoms with Crippen LogP contribution >= 0.6 is 0 Å². The number of nitrogens with one attached hydrogen (secondary N) is 1. The zero-order valence-corrected chi connectivity index (χ0v) is 10.6. The first-order valence-electron chi connectivity index (χ1n) is 5.74. The van der Waals surface area contributed by atoms with E-state index in [0.717, 1.165) is 12.1 Å². The second-order valence-electron chi connectivity index (χ2n) is 4.31. The number of aryl methyl sites for hydroxylation is 1. The van der Waals surface area contributed by atoms with Gasteiger partial charge < -0.3 is 16.2 Å². The topological polar surface area (TPSA) is 75.4 Å². The molecule has 0 aliphatic carbocycles. The van der Waals surface area contributed by atoms with Crippen molar-refractivity contribution in [2.24, 2.45) is 0 Å². The van der Waals surface area contributed by atoms with Crippen LogP contribution < -0.4 is 11.1 Å². The molecule has 2 rings (SSSR count). The van der Waals surface area contributed by atoms with Gasteiger partial charge in [0.1, 0.15) is 11.6 Å². The van der Waals surface area contributed by atoms with Crippen LogP contribution in [0.5, 0.6) is 5.75 Å².